The van der Waals surface area contributed by atoms with Crippen molar-refractivity contribution in [2.45, 2.75) is 50.9 Å². The van der Waals surface area contributed by atoms with E-state index in [-0.39, 0.29) is 31.0 Å². The fourth-order valence-corrected chi connectivity index (χ4v) is 3.65. The predicted molar refractivity (Wildman–Crippen MR) is 131 cm³/mol. The molecule has 1 aliphatic carbocycles. The van der Waals surface area contributed by atoms with E-state index >= 15 is 0 Å². The summed E-state index contributed by atoms with van der Waals surface area (Å²) < 4.78 is 0. The molecule has 1 aliphatic rings. The number of aromatic amines is 1. The zero-order chi connectivity index (χ0) is 21.8. The summed E-state index contributed by atoms with van der Waals surface area (Å²) in [5.74, 6) is 0.618. The number of allylic oxidation sites excluding steroid dienone is 1. The van der Waals surface area contributed by atoms with E-state index in [1.807, 2.05) is 55.6 Å². The van der Waals surface area contributed by atoms with Gasteiger partial charge in [-0.25, -0.2) is 0 Å². The van der Waals surface area contributed by atoms with Crippen molar-refractivity contribution < 1.29 is 9.59 Å². The van der Waals surface area contributed by atoms with Crippen LogP contribution >= 0.6 is 13.5 Å². The molecule has 3 aromatic rings. The van der Waals surface area contributed by atoms with Crippen LogP contribution < -0.4 is 0 Å². The molecule has 6 heteroatoms. The van der Waals surface area contributed by atoms with Crippen LogP contribution in [-0.4, -0.2) is 26.7 Å². The molecule has 0 radical (unpaired) electrons. The largest absolute Gasteiger partial charge is 0.299 e. The van der Waals surface area contributed by atoms with Gasteiger partial charge < -0.3 is 0 Å². The van der Waals surface area contributed by atoms with E-state index in [1.54, 1.807) is 0 Å². The number of aryl methyl sites for hydroxylation is 1. The summed E-state index contributed by atoms with van der Waals surface area (Å²) in [6.45, 7) is 5.45. The quantitative estimate of drug-likeness (QED) is 0.441. The Bertz CT molecular complexity index is 1080. The third-order valence-electron chi connectivity index (χ3n) is 5.92. The standard InChI is InChI=1S/C26H27N3O2.H2S/c1-3-24(30)13-12-22-11-10-21(16-27-22)19-6-4-18(5-7-19)17(2)26(31)15-23-14-25(29-28-23)20-8-9-20;/h3-7,10-11,14,16-17,20H,1,8-9,12-13,15H2,2H3,(H,28,29);1H2/t17-;/m0./s1. The van der Waals surface area contributed by atoms with Crippen LogP contribution in [0.1, 0.15) is 60.7 Å². The van der Waals surface area contributed by atoms with E-state index in [9.17, 15) is 9.59 Å². The Morgan fingerprint density at radius 1 is 1.16 bits per heavy atom. The number of carbonyl (C=O) groups excluding carboxylic acids is 2. The second kappa shape index (κ2) is 10.6. The average Bonchev–Trinajstić information content (AvgIpc) is 3.56. The van der Waals surface area contributed by atoms with E-state index in [2.05, 4.69) is 21.8 Å². The number of carbonyl (C=O) groups is 2. The topological polar surface area (TPSA) is 75.7 Å². The number of nitrogens with one attached hydrogen (secondary N) is 1. The van der Waals surface area contributed by atoms with E-state index in [0.29, 0.717) is 25.2 Å². The molecule has 0 saturated heterocycles. The number of nitrogens with zero attached hydrogens (tertiary/aromatic N) is 2. The van der Waals surface area contributed by atoms with Crippen molar-refractivity contribution in [3.05, 3.63) is 84.0 Å². The number of benzene rings is 1. The number of hydrogen-bond acceptors (Lipinski definition) is 4. The average molecular weight is 448 g/mol. The molecular weight excluding hydrogens is 418 g/mol. The van der Waals surface area contributed by atoms with E-state index < -0.39 is 0 Å². The molecule has 1 fully saturated rings. The van der Waals surface area contributed by atoms with Gasteiger partial charge in [-0.05, 0) is 48.6 Å². The molecule has 166 valence electrons. The second-order valence-electron chi connectivity index (χ2n) is 8.29. The van der Waals surface area contributed by atoms with Crippen molar-refractivity contribution in [2.24, 2.45) is 0 Å². The molecule has 4 rings (SSSR count). The molecule has 32 heavy (non-hydrogen) atoms. The van der Waals surface area contributed by atoms with Gasteiger partial charge in [0.05, 0.1) is 5.69 Å². The van der Waals surface area contributed by atoms with Gasteiger partial charge in [0.1, 0.15) is 5.78 Å². The molecule has 0 aliphatic heterocycles. The summed E-state index contributed by atoms with van der Waals surface area (Å²) in [6, 6.07) is 14.1. The Morgan fingerprint density at radius 3 is 2.50 bits per heavy atom. The van der Waals surface area contributed by atoms with Gasteiger partial charge >= 0.3 is 0 Å². The Hall–Kier alpha value is -2.99. The van der Waals surface area contributed by atoms with Crippen LogP contribution in [0, 0.1) is 0 Å². The van der Waals surface area contributed by atoms with Gasteiger partial charge in [-0.1, -0.05) is 43.8 Å². The van der Waals surface area contributed by atoms with Crippen LogP contribution in [0.5, 0.6) is 0 Å². The summed E-state index contributed by atoms with van der Waals surface area (Å²) >= 11 is 0. The highest BCUT2D eigenvalue weighted by molar-refractivity contribution is 7.59. The van der Waals surface area contributed by atoms with Crippen LogP contribution in [0.3, 0.4) is 0 Å². The lowest BCUT2D eigenvalue weighted by Gasteiger charge is -2.11. The lowest BCUT2D eigenvalue weighted by molar-refractivity contribution is -0.119. The van der Waals surface area contributed by atoms with Crippen molar-refractivity contribution in [1.29, 1.82) is 0 Å². The normalized spacial score (nSPS) is 13.8. The highest BCUT2D eigenvalue weighted by atomic mass is 32.1. The second-order valence-corrected chi connectivity index (χ2v) is 8.29. The lowest BCUT2D eigenvalue weighted by atomic mass is 9.92. The molecule has 1 N–H and O–H groups in total. The maximum absolute atomic E-state index is 12.7. The summed E-state index contributed by atoms with van der Waals surface area (Å²) in [7, 11) is 0. The van der Waals surface area contributed by atoms with Crippen LogP contribution in [0.15, 0.2) is 61.3 Å². The minimum Gasteiger partial charge on any atom is -0.299 e. The third-order valence-corrected chi connectivity index (χ3v) is 5.92. The molecule has 5 nitrogen and oxygen atoms in total. The third kappa shape index (κ3) is 5.82. The lowest BCUT2D eigenvalue weighted by Crippen LogP contribution is -2.12. The molecule has 0 bridgehead atoms. The molecule has 0 unspecified atom stereocenters. The van der Waals surface area contributed by atoms with E-state index in [0.717, 1.165) is 33.8 Å². The molecule has 0 amide bonds. The highest BCUT2D eigenvalue weighted by Crippen LogP contribution is 2.39. The van der Waals surface area contributed by atoms with Gasteiger partial charge in [-0.2, -0.15) is 18.6 Å². The molecule has 2 heterocycles. The Morgan fingerprint density at radius 2 is 1.88 bits per heavy atom. The number of pyridine rings is 1. The smallest absolute Gasteiger partial charge is 0.155 e. The summed E-state index contributed by atoms with van der Waals surface area (Å²) in [6.07, 6.45) is 7.00. The SMILES string of the molecule is C=CC(=O)CCc1ccc(-c2ccc([C@H](C)C(=O)Cc3cc(C4CC4)n[nH]3)cc2)cn1.S. The zero-order valence-corrected chi connectivity index (χ0v) is 19.3. The zero-order valence-electron chi connectivity index (χ0n) is 18.3. The summed E-state index contributed by atoms with van der Waals surface area (Å²) in [4.78, 5) is 28.6. The van der Waals surface area contributed by atoms with Gasteiger partial charge in [0, 0.05) is 47.8 Å². The maximum Gasteiger partial charge on any atom is 0.155 e. The first kappa shape index (κ1) is 23.7. The number of Topliss-reactive ketones (excluding diaryl/α,β-unsaturated/α-hetero) is 1. The number of ketones is 2. The summed E-state index contributed by atoms with van der Waals surface area (Å²) in [5.41, 5.74) is 5.94. The van der Waals surface area contributed by atoms with Gasteiger partial charge in [0.25, 0.3) is 0 Å². The molecule has 1 saturated carbocycles. The highest BCUT2D eigenvalue weighted by Gasteiger charge is 2.26. The number of H-pyrrole nitrogens is 1. The van der Waals surface area contributed by atoms with E-state index in [1.165, 1.54) is 18.9 Å². The molecular formula is C26H29N3O2S. The minimum atomic E-state index is -0.176. The Labute approximate surface area is 195 Å². The van der Waals surface area contributed by atoms with Gasteiger partial charge in [-0.3, -0.25) is 19.7 Å². The molecule has 1 aromatic carbocycles. The van der Waals surface area contributed by atoms with Crippen LogP contribution in [0.4, 0.5) is 0 Å². The number of aromatic nitrogens is 3. The van der Waals surface area contributed by atoms with Crippen molar-refractivity contribution in [2.75, 3.05) is 0 Å². The van der Waals surface area contributed by atoms with Gasteiger partial charge in [0.15, 0.2) is 5.78 Å². The Balaban J connectivity index is 0.00000289. The number of rotatable bonds is 10. The first-order valence-electron chi connectivity index (χ1n) is 10.8. The van der Waals surface area contributed by atoms with Crippen LogP contribution in [0.25, 0.3) is 11.1 Å². The van der Waals surface area contributed by atoms with Gasteiger partial charge in [-0.15, -0.1) is 0 Å². The maximum atomic E-state index is 12.7. The first-order valence-corrected chi connectivity index (χ1v) is 10.8. The van der Waals surface area contributed by atoms with Crippen LogP contribution in [-0.2, 0) is 22.4 Å². The van der Waals surface area contributed by atoms with Gasteiger partial charge in [0.2, 0.25) is 0 Å². The van der Waals surface area contributed by atoms with Crippen LogP contribution in [0.2, 0.25) is 0 Å². The van der Waals surface area contributed by atoms with Crippen molar-refractivity contribution in [3.63, 3.8) is 0 Å². The fraction of sp³-hybridized carbons (Fsp3) is 0.308. The molecule has 0 spiro atoms. The summed E-state index contributed by atoms with van der Waals surface area (Å²) in [5, 5.41) is 7.35. The van der Waals surface area contributed by atoms with Crippen molar-refractivity contribution >= 4 is 25.1 Å². The molecule has 1 atom stereocenters. The van der Waals surface area contributed by atoms with Crippen molar-refractivity contribution in [1.82, 2.24) is 15.2 Å². The number of hydrogen-bond donors (Lipinski definition) is 1. The van der Waals surface area contributed by atoms with Crippen molar-refractivity contribution in [3.8, 4) is 11.1 Å². The predicted octanol–water partition coefficient (Wildman–Crippen LogP) is 5.06. The van der Waals surface area contributed by atoms with E-state index in [4.69, 9.17) is 0 Å². The Kier molecular flexibility index (Phi) is 7.80. The molecule has 2 aromatic heterocycles. The monoisotopic (exact) mass is 447 g/mol. The fourth-order valence-electron chi connectivity index (χ4n) is 3.65. The minimum absolute atomic E-state index is 0. The first-order chi connectivity index (χ1) is 15.0.